The van der Waals surface area contributed by atoms with Gasteiger partial charge in [0.15, 0.2) is 5.78 Å². The fourth-order valence-electron chi connectivity index (χ4n) is 4.39. The fraction of sp³-hybridized carbons (Fsp3) is 0.522. The standard InChI is InChI=1S/C23H30O2/c1-5-6-16-25-18-12-10-17(11-13-18)8-7-9-19-20-14-15-23(4,21(19)24)22(20,2)3/h7-13,20H,5-6,14-16H2,1-4H3. The molecular weight excluding hydrogens is 308 g/mol. The minimum absolute atomic E-state index is 0.0846. The van der Waals surface area contributed by atoms with Gasteiger partial charge >= 0.3 is 0 Å². The third-order valence-electron chi connectivity index (χ3n) is 6.58. The third-order valence-corrected chi connectivity index (χ3v) is 6.58. The van der Waals surface area contributed by atoms with Crippen molar-refractivity contribution in [1.29, 1.82) is 0 Å². The van der Waals surface area contributed by atoms with Gasteiger partial charge in [0, 0.05) is 5.41 Å². The first-order valence-corrected chi connectivity index (χ1v) is 9.56. The fourth-order valence-corrected chi connectivity index (χ4v) is 4.39. The SMILES string of the molecule is CCCCOc1ccc(C=CC=C2C(=O)C3(C)CCC2C3(C)C)cc1. The number of allylic oxidation sites excluding steroid dienone is 3. The maximum atomic E-state index is 12.8. The van der Waals surface area contributed by atoms with Crippen molar-refractivity contribution in [2.75, 3.05) is 6.61 Å². The Morgan fingerprint density at radius 2 is 1.92 bits per heavy atom. The van der Waals surface area contributed by atoms with E-state index in [9.17, 15) is 4.79 Å². The van der Waals surface area contributed by atoms with Gasteiger partial charge in [-0.1, -0.05) is 64.5 Å². The predicted octanol–water partition coefficient (Wildman–Crippen LogP) is 5.83. The molecule has 2 bridgehead atoms. The smallest absolute Gasteiger partial charge is 0.165 e. The van der Waals surface area contributed by atoms with Crippen molar-refractivity contribution < 1.29 is 9.53 Å². The molecule has 134 valence electrons. The number of benzene rings is 1. The van der Waals surface area contributed by atoms with Crippen molar-refractivity contribution in [2.45, 2.75) is 53.4 Å². The Bertz CT molecular complexity index is 693. The molecule has 2 fully saturated rings. The molecule has 0 N–H and O–H groups in total. The highest BCUT2D eigenvalue weighted by Crippen LogP contribution is 2.65. The Morgan fingerprint density at radius 3 is 2.52 bits per heavy atom. The first-order chi connectivity index (χ1) is 11.9. The molecule has 2 heteroatoms. The van der Waals surface area contributed by atoms with Crippen LogP contribution in [0.3, 0.4) is 0 Å². The molecule has 1 aromatic carbocycles. The van der Waals surface area contributed by atoms with E-state index in [0.29, 0.717) is 11.7 Å². The molecule has 0 aromatic heterocycles. The van der Waals surface area contributed by atoms with E-state index < -0.39 is 0 Å². The number of carbonyl (C=O) groups is 1. The molecule has 1 aromatic rings. The second-order valence-electron chi connectivity index (χ2n) is 8.23. The molecule has 0 radical (unpaired) electrons. The summed E-state index contributed by atoms with van der Waals surface area (Å²) in [4.78, 5) is 12.8. The van der Waals surface area contributed by atoms with E-state index in [4.69, 9.17) is 4.74 Å². The van der Waals surface area contributed by atoms with Crippen molar-refractivity contribution in [3.05, 3.63) is 47.6 Å². The van der Waals surface area contributed by atoms with Gasteiger partial charge in [-0.15, -0.1) is 0 Å². The summed E-state index contributed by atoms with van der Waals surface area (Å²) in [5.74, 6) is 1.68. The molecule has 2 nitrogen and oxygen atoms in total. The van der Waals surface area contributed by atoms with Gasteiger partial charge in [0.1, 0.15) is 5.75 Å². The summed E-state index contributed by atoms with van der Waals surface area (Å²) < 4.78 is 5.69. The van der Waals surface area contributed by atoms with Crippen molar-refractivity contribution in [2.24, 2.45) is 16.7 Å². The van der Waals surface area contributed by atoms with Crippen LogP contribution < -0.4 is 4.74 Å². The molecule has 3 rings (SSSR count). The lowest BCUT2D eigenvalue weighted by Crippen LogP contribution is -2.32. The molecule has 0 aliphatic heterocycles. The molecule has 2 unspecified atom stereocenters. The number of hydrogen-bond acceptors (Lipinski definition) is 2. The van der Waals surface area contributed by atoms with Gasteiger partial charge in [-0.25, -0.2) is 0 Å². The Labute approximate surface area is 152 Å². The van der Waals surface area contributed by atoms with Crippen LogP contribution in [-0.4, -0.2) is 12.4 Å². The first-order valence-electron chi connectivity index (χ1n) is 9.56. The molecule has 25 heavy (non-hydrogen) atoms. The molecule has 0 spiro atoms. The maximum Gasteiger partial charge on any atom is 0.165 e. The topological polar surface area (TPSA) is 26.3 Å². The van der Waals surface area contributed by atoms with Gasteiger partial charge in [0.05, 0.1) is 6.61 Å². The van der Waals surface area contributed by atoms with Crippen molar-refractivity contribution in [3.63, 3.8) is 0 Å². The third kappa shape index (κ3) is 3.07. The zero-order valence-electron chi connectivity index (χ0n) is 16.0. The lowest BCUT2D eigenvalue weighted by molar-refractivity contribution is -0.125. The van der Waals surface area contributed by atoms with Crippen LogP contribution in [0.15, 0.2) is 42.0 Å². The molecule has 2 saturated carbocycles. The van der Waals surface area contributed by atoms with Gasteiger partial charge in [-0.3, -0.25) is 4.79 Å². The average Bonchev–Trinajstić information content (AvgIpc) is 2.90. The number of unbranched alkanes of at least 4 members (excludes halogenated alkanes) is 1. The quantitative estimate of drug-likeness (QED) is 0.482. The van der Waals surface area contributed by atoms with Crippen molar-refractivity contribution >= 4 is 11.9 Å². The summed E-state index contributed by atoms with van der Waals surface area (Å²) in [6.07, 6.45) is 10.5. The lowest BCUT2D eigenvalue weighted by atomic mass is 9.70. The van der Waals surface area contributed by atoms with Gasteiger partial charge in [-0.2, -0.15) is 0 Å². The number of Topliss-reactive ketones (excluding diaryl/α,β-unsaturated/α-hetero) is 1. The number of hydrogen-bond donors (Lipinski definition) is 0. The number of carbonyl (C=O) groups excluding carboxylic acids is 1. The predicted molar refractivity (Wildman–Crippen MR) is 104 cm³/mol. The average molecular weight is 338 g/mol. The van der Waals surface area contributed by atoms with Gasteiger partial charge in [-0.05, 0) is 53.9 Å². The zero-order valence-corrected chi connectivity index (χ0v) is 16.0. The van der Waals surface area contributed by atoms with Crippen LogP contribution in [0.2, 0.25) is 0 Å². The lowest BCUT2D eigenvalue weighted by Gasteiger charge is -2.31. The van der Waals surface area contributed by atoms with Crippen LogP contribution in [0.4, 0.5) is 0 Å². The second-order valence-corrected chi connectivity index (χ2v) is 8.23. The normalized spacial score (nSPS) is 29.0. The summed E-state index contributed by atoms with van der Waals surface area (Å²) in [5, 5.41) is 0. The Kier molecular flexibility index (Phi) is 4.90. The molecule has 0 saturated heterocycles. The molecule has 2 aliphatic carbocycles. The summed E-state index contributed by atoms with van der Waals surface area (Å²) in [6, 6.07) is 8.14. The van der Waals surface area contributed by atoms with Crippen LogP contribution in [0, 0.1) is 16.7 Å². The molecular formula is C23H30O2. The molecule has 0 amide bonds. The minimum atomic E-state index is -0.172. The highest BCUT2D eigenvalue weighted by molar-refractivity contribution is 6.05. The maximum absolute atomic E-state index is 12.8. The van der Waals surface area contributed by atoms with Crippen LogP contribution in [-0.2, 0) is 4.79 Å². The Balaban J connectivity index is 1.67. The monoisotopic (exact) mass is 338 g/mol. The van der Waals surface area contributed by atoms with Crippen LogP contribution in [0.1, 0.15) is 58.9 Å². The molecule has 2 atom stereocenters. The second kappa shape index (κ2) is 6.82. The Hall–Kier alpha value is -1.83. The van der Waals surface area contributed by atoms with E-state index in [0.717, 1.165) is 49.2 Å². The van der Waals surface area contributed by atoms with E-state index in [1.807, 2.05) is 24.3 Å². The van der Waals surface area contributed by atoms with Crippen LogP contribution in [0.5, 0.6) is 5.75 Å². The highest BCUT2D eigenvalue weighted by atomic mass is 16.5. The van der Waals surface area contributed by atoms with E-state index in [2.05, 4.69) is 45.9 Å². The number of rotatable bonds is 6. The molecule has 2 aliphatic rings. The van der Waals surface area contributed by atoms with Gasteiger partial charge < -0.3 is 4.74 Å². The van der Waals surface area contributed by atoms with Crippen LogP contribution >= 0.6 is 0 Å². The summed E-state index contributed by atoms with van der Waals surface area (Å²) in [6.45, 7) is 9.59. The van der Waals surface area contributed by atoms with E-state index in [1.165, 1.54) is 0 Å². The Morgan fingerprint density at radius 1 is 1.20 bits per heavy atom. The number of ether oxygens (including phenoxy) is 1. The number of fused-ring (bicyclic) bond motifs is 2. The summed E-state index contributed by atoms with van der Waals surface area (Å²) in [5.41, 5.74) is 2.06. The van der Waals surface area contributed by atoms with E-state index >= 15 is 0 Å². The summed E-state index contributed by atoms with van der Waals surface area (Å²) in [7, 11) is 0. The molecule has 0 heterocycles. The van der Waals surface area contributed by atoms with E-state index in [1.54, 1.807) is 0 Å². The summed E-state index contributed by atoms with van der Waals surface area (Å²) >= 11 is 0. The largest absolute Gasteiger partial charge is 0.494 e. The van der Waals surface area contributed by atoms with Gasteiger partial charge in [0.25, 0.3) is 0 Å². The zero-order chi connectivity index (χ0) is 18.1. The first kappa shape index (κ1) is 18.0. The van der Waals surface area contributed by atoms with Crippen molar-refractivity contribution in [3.8, 4) is 5.75 Å². The van der Waals surface area contributed by atoms with Crippen LogP contribution in [0.25, 0.3) is 6.08 Å². The van der Waals surface area contributed by atoms with Crippen molar-refractivity contribution in [1.82, 2.24) is 0 Å². The number of ketones is 1. The van der Waals surface area contributed by atoms with E-state index in [-0.39, 0.29) is 10.8 Å². The highest BCUT2D eigenvalue weighted by Gasteiger charge is 2.63. The minimum Gasteiger partial charge on any atom is -0.494 e. The van der Waals surface area contributed by atoms with Gasteiger partial charge in [0.2, 0.25) is 0 Å².